The van der Waals surface area contributed by atoms with Gasteiger partial charge in [-0.25, -0.2) is 14.6 Å². The molecule has 1 heterocycles. The van der Waals surface area contributed by atoms with Gasteiger partial charge in [0.15, 0.2) is 5.82 Å². The number of carbonyl (C=O) groups is 1. The SMILES string of the molecule is NS(=O)(=O)OCC(NC(=O)Cn1nc(-c2ccc(Cl)cc2)n(CCC(F)(F)F)c1=O)c1cccc(C(F)(F)F)c1. The molecule has 3 rings (SSSR count). The lowest BCUT2D eigenvalue weighted by atomic mass is 10.0. The van der Waals surface area contributed by atoms with Crippen LogP contribution in [0.2, 0.25) is 5.02 Å². The average Bonchev–Trinajstić information content (AvgIpc) is 3.14. The van der Waals surface area contributed by atoms with Gasteiger partial charge in [-0.05, 0) is 42.0 Å². The van der Waals surface area contributed by atoms with Crippen LogP contribution >= 0.6 is 11.6 Å². The Bertz CT molecular complexity index is 1520. The number of hydrogen-bond acceptors (Lipinski definition) is 6. The van der Waals surface area contributed by atoms with Crippen LogP contribution < -0.4 is 16.1 Å². The molecule has 2 aromatic carbocycles. The van der Waals surface area contributed by atoms with Crippen molar-refractivity contribution >= 4 is 27.8 Å². The Morgan fingerprint density at radius 2 is 1.75 bits per heavy atom. The number of nitrogens with one attached hydrogen (secondary N) is 1. The van der Waals surface area contributed by atoms with Gasteiger partial charge in [-0.1, -0.05) is 23.7 Å². The van der Waals surface area contributed by atoms with Gasteiger partial charge >= 0.3 is 28.3 Å². The first kappa shape index (κ1) is 31.1. The van der Waals surface area contributed by atoms with E-state index in [2.05, 4.69) is 14.6 Å². The summed E-state index contributed by atoms with van der Waals surface area (Å²) in [4.78, 5) is 25.7. The van der Waals surface area contributed by atoms with Gasteiger partial charge in [-0.3, -0.25) is 13.5 Å². The molecule has 10 nitrogen and oxygen atoms in total. The van der Waals surface area contributed by atoms with Crippen molar-refractivity contribution < 1.29 is 43.7 Å². The number of benzene rings is 2. The average molecular weight is 616 g/mol. The highest BCUT2D eigenvalue weighted by molar-refractivity contribution is 7.84. The largest absolute Gasteiger partial charge is 0.416 e. The molecule has 1 atom stereocenters. The van der Waals surface area contributed by atoms with Crippen molar-refractivity contribution in [3.05, 3.63) is 75.2 Å². The first-order chi connectivity index (χ1) is 18.4. The summed E-state index contributed by atoms with van der Waals surface area (Å²) < 4.78 is 106. The van der Waals surface area contributed by atoms with Crippen molar-refractivity contribution in [1.82, 2.24) is 19.7 Å². The molecule has 0 saturated heterocycles. The number of rotatable bonds is 10. The molecule has 218 valence electrons. The number of carbonyl (C=O) groups excluding carboxylic acids is 1. The van der Waals surface area contributed by atoms with Gasteiger partial charge in [-0.2, -0.15) is 34.8 Å². The van der Waals surface area contributed by atoms with Crippen LogP contribution in [0.25, 0.3) is 11.4 Å². The predicted molar refractivity (Wildman–Crippen MR) is 129 cm³/mol. The highest BCUT2D eigenvalue weighted by Gasteiger charge is 2.32. The zero-order valence-corrected chi connectivity index (χ0v) is 21.6. The lowest BCUT2D eigenvalue weighted by Gasteiger charge is -2.20. The van der Waals surface area contributed by atoms with Crippen LogP contribution in [0.5, 0.6) is 0 Å². The molecular formula is C22H20ClF6N5O5S. The first-order valence-electron chi connectivity index (χ1n) is 11.1. The van der Waals surface area contributed by atoms with Crippen molar-refractivity contribution in [2.75, 3.05) is 6.61 Å². The van der Waals surface area contributed by atoms with Gasteiger partial charge in [0.05, 0.1) is 24.6 Å². The third-order valence-electron chi connectivity index (χ3n) is 5.29. The smallest absolute Gasteiger partial charge is 0.345 e. The molecule has 1 aromatic heterocycles. The molecule has 0 bridgehead atoms. The van der Waals surface area contributed by atoms with Crippen molar-refractivity contribution in [1.29, 1.82) is 0 Å². The van der Waals surface area contributed by atoms with Gasteiger partial charge in [-0.15, -0.1) is 5.10 Å². The van der Waals surface area contributed by atoms with Crippen molar-refractivity contribution in [2.45, 2.75) is 37.9 Å². The van der Waals surface area contributed by atoms with Crippen LogP contribution in [0.4, 0.5) is 26.3 Å². The number of nitrogens with two attached hydrogens (primary N) is 1. The Labute approximate surface area is 227 Å². The third kappa shape index (κ3) is 8.80. The van der Waals surface area contributed by atoms with E-state index in [1.54, 1.807) is 0 Å². The summed E-state index contributed by atoms with van der Waals surface area (Å²) in [5, 5.41) is 11.3. The molecule has 1 unspecified atom stereocenters. The Balaban J connectivity index is 1.92. The summed E-state index contributed by atoms with van der Waals surface area (Å²) in [6.45, 7) is -2.61. The lowest BCUT2D eigenvalue weighted by molar-refractivity contribution is -0.138. The summed E-state index contributed by atoms with van der Waals surface area (Å²) in [6, 6.07) is 7.68. The van der Waals surface area contributed by atoms with Crippen LogP contribution in [0.15, 0.2) is 53.3 Å². The fourth-order valence-corrected chi connectivity index (χ4v) is 3.94. The first-order valence-corrected chi connectivity index (χ1v) is 12.9. The summed E-state index contributed by atoms with van der Waals surface area (Å²) in [7, 11) is -4.57. The topological polar surface area (TPSA) is 138 Å². The maximum atomic E-state index is 13.2. The Hall–Kier alpha value is -3.41. The monoisotopic (exact) mass is 615 g/mol. The van der Waals surface area contributed by atoms with E-state index in [1.807, 2.05) is 0 Å². The maximum absolute atomic E-state index is 13.2. The fourth-order valence-electron chi connectivity index (χ4n) is 3.49. The quantitative estimate of drug-likeness (QED) is 0.335. The molecule has 0 saturated carbocycles. The van der Waals surface area contributed by atoms with Gasteiger partial charge in [0.2, 0.25) is 5.91 Å². The van der Waals surface area contributed by atoms with Gasteiger partial charge in [0, 0.05) is 17.1 Å². The molecule has 1 amide bonds. The molecule has 3 aromatic rings. The van der Waals surface area contributed by atoms with E-state index >= 15 is 0 Å². The van der Waals surface area contributed by atoms with E-state index < -0.39 is 72.0 Å². The molecule has 3 N–H and O–H groups in total. The van der Waals surface area contributed by atoms with Crippen LogP contribution in [0.3, 0.4) is 0 Å². The Morgan fingerprint density at radius 3 is 2.33 bits per heavy atom. The summed E-state index contributed by atoms with van der Waals surface area (Å²) in [5.74, 6) is -1.25. The number of amides is 1. The van der Waals surface area contributed by atoms with Crippen LogP contribution in [0.1, 0.15) is 23.6 Å². The minimum Gasteiger partial charge on any atom is -0.345 e. The minimum atomic E-state index is -4.76. The third-order valence-corrected chi connectivity index (χ3v) is 6.00. The van der Waals surface area contributed by atoms with Crippen molar-refractivity contribution in [2.24, 2.45) is 5.14 Å². The van der Waals surface area contributed by atoms with Gasteiger partial charge < -0.3 is 5.32 Å². The van der Waals surface area contributed by atoms with E-state index in [4.69, 9.17) is 16.7 Å². The number of hydrogen-bond donors (Lipinski definition) is 2. The molecule has 0 aliphatic rings. The molecule has 0 fully saturated rings. The number of alkyl halides is 6. The highest BCUT2D eigenvalue weighted by atomic mass is 35.5. The summed E-state index contributed by atoms with van der Waals surface area (Å²) >= 11 is 5.84. The maximum Gasteiger partial charge on any atom is 0.416 e. The molecule has 18 heteroatoms. The minimum absolute atomic E-state index is 0.203. The van der Waals surface area contributed by atoms with Crippen LogP contribution in [-0.2, 0) is 38.5 Å². The van der Waals surface area contributed by atoms with E-state index in [-0.39, 0.29) is 17.0 Å². The molecule has 0 spiro atoms. The number of aromatic nitrogens is 3. The normalized spacial score (nSPS) is 13.3. The molecular weight excluding hydrogens is 596 g/mol. The molecule has 0 aliphatic heterocycles. The predicted octanol–water partition coefficient (Wildman–Crippen LogP) is 3.41. The highest BCUT2D eigenvalue weighted by Crippen LogP contribution is 2.31. The van der Waals surface area contributed by atoms with Gasteiger partial charge in [0.25, 0.3) is 0 Å². The zero-order valence-electron chi connectivity index (χ0n) is 20.0. The second-order valence-corrected chi connectivity index (χ2v) is 9.97. The fraction of sp³-hybridized carbons (Fsp3) is 0.318. The van der Waals surface area contributed by atoms with E-state index in [1.165, 1.54) is 24.3 Å². The molecule has 0 aliphatic carbocycles. The standard InChI is InChI=1S/C22H20ClF6N5O5S/c23-16-6-4-13(5-7-16)19-32-34(20(36)33(19)9-8-21(24,25)26)11-18(35)31-17(12-39-40(30,37)38)14-2-1-3-15(10-14)22(27,28)29/h1-7,10,17H,8-9,11-12H2,(H,31,35)(H2,30,37,38). The summed E-state index contributed by atoms with van der Waals surface area (Å²) in [5.41, 5.74) is -2.18. The lowest BCUT2D eigenvalue weighted by Crippen LogP contribution is -2.38. The van der Waals surface area contributed by atoms with Crippen LogP contribution in [-0.4, -0.2) is 41.5 Å². The number of halogens is 7. The van der Waals surface area contributed by atoms with Crippen LogP contribution in [0, 0.1) is 0 Å². The van der Waals surface area contributed by atoms with Crippen molar-refractivity contribution in [3.63, 3.8) is 0 Å². The zero-order chi connectivity index (χ0) is 29.9. The Morgan fingerprint density at radius 1 is 1.10 bits per heavy atom. The van der Waals surface area contributed by atoms with E-state index in [0.29, 0.717) is 20.3 Å². The summed E-state index contributed by atoms with van der Waals surface area (Å²) in [6.07, 6.45) is -10.8. The van der Waals surface area contributed by atoms with Crippen molar-refractivity contribution in [3.8, 4) is 11.4 Å². The second kappa shape index (κ2) is 12.0. The van der Waals surface area contributed by atoms with E-state index in [0.717, 1.165) is 18.2 Å². The molecule has 40 heavy (non-hydrogen) atoms. The Kier molecular flexibility index (Phi) is 9.33. The number of nitrogens with zero attached hydrogens (tertiary/aromatic N) is 3. The van der Waals surface area contributed by atoms with E-state index in [9.17, 15) is 44.3 Å². The van der Waals surface area contributed by atoms with Gasteiger partial charge in [0.1, 0.15) is 6.54 Å². The second-order valence-electron chi connectivity index (χ2n) is 8.31. The molecule has 0 radical (unpaired) electrons.